The molecule has 6 heteroatoms. The standard InChI is InChI=1S/C12H18N2O3S/c1-12(2,18-4)8-13-9-5-10(14(15)16)7-11(6-9)17-3/h5-7,13H,8H2,1-4H3. The van der Waals surface area contributed by atoms with Crippen LogP contribution in [0.3, 0.4) is 0 Å². The molecule has 18 heavy (non-hydrogen) atoms. The van der Waals surface area contributed by atoms with Gasteiger partial charge in [0.05, 0.1) is 18.1 Å². The summed E-state index contributed by atoms with van der Waals surface area (Å²) < 4.78 is 5.12. The minimum Gasteiger partial charge on any atom is -0.496 e. The molecule has 1 rings (SSSR count). The largest absolute Gasteiger partial charge is 0.496 e. The highest BCUT2D eigenvalue weighted by molar-refractivity contribution is 7.99. The summed E-state index contributed by atoms with van der Waals surface area (Å²) in [7, 11) is 1.49. The van der Waals surface area contributed by atoms with Crippen molar-refractivity contribution >= 4 is 23.1 Å². The van der Waals surface area contributed by atoms with E-state index < -0.39 is 4.92 Å². The van der Waals surface area contributed by atoms with Gasteiger partial charge in [-0.15, -0.1) is 0 Å². The molecule has 0 aliphatic rings. The van der Waals surface area contributed by atoms with E-state index in [0.29, 0.717) is 11.4 Å². The third kappa shape index (κ3) is 4.10. The number of thioether (sulfide) groups is 1. The van der Waals surface area contributed by atoms with Crippen LogP contribution in [-0.2, 0) is 0 Å². The van der Waals surface area contributed by atoms with Crippen LogP contribution >= 0.6 is 11.8 Å². The number of nitro benzene ring substituents is 1. The summed E-state index contributed by atoms with van der Waals surface area (Å²) in [6.45, 7) is 4.94. The predicted molar refractivity (Wildman–Crippen MR) is 75.7 cm³/mol. The maximum absolute atomic E-state index is 10.8. The van der Waals surface area contributed by atoms with Crippen molar-refractivity contribution in [2.75, 3.05) is 25.2 Å². The van der Waals surface area contributed by atoms with Gasteiger partial charge in [0.1, 0.15) is 5.75 Å². The number of rotatable bonds is 6. The van der Waals surface area contributed by atoms with Gasteiger partial charge in [-0.25, -0.2) is 0 Å². The molecule has 5 nitrogen and oxygen atoms in total. The molecule has 0 heterocycles. The molecule has 0 aromatic heterocycles. The van der Waals surface area contributed by atoms with E-state index in [-0.39, 0.29) is 10.4 Å². The first-order chi connectivity index (χ1) is 8.38. The van der Waals surface area contributed by atoms with Crippen LogP contribution in [0.25, 0.3) is 0 Å². The maximum atomic E-state index is 10.8. The first kappa shape index (κ1) is 14.6. The third-order valence-electron chi connectivity index (χ3n) is 2.61. The number of hydrogen-bond acceptors (Lipinski definition) is 5. The zero-order valence-electron chi connectivity index (χ0n) is 11.0. The van der Waals surface area contributed by atoms with Crippen LogP contribution in [0.4, 0.5) is 11.4 Å². The molecule has 0 bridgehead atoms. The minimum atomic E-state index is -0.423. The average Bonchev–Trinajstić information content (AvgIpc) is 2.36. The van der Waals surface area contributed by atoms with E-state index in [4.69, 9.17) is 4.74 Å². The van der Waals surface area contributed by atoms with E-state index >= 15 is 0 Å². The van der Waals surface area contributed by atoms with Gasteiger partial charge in [0.25, 0.3) is 5.69 Å². The Balaban J connectivity index is 2.88. The molecule has 0 aliphatic heterocycles. The van der Waals surface area contributed by atoms with Crippen LogP contribution in [0.15, 0.2) is 18.2 Å². The molecule has 1 aromatic carbocycles. The second-order valence-corrected chi connectivity index (χ2v) is 6.01. The molecule has 0 saturated heterocycles. The summed E-state index contributed by atoms with van der Waals surface area (Å²) in [6, 6.07) is 4.67. The van der Waals surface area contributed by atoms with Crippen molar-refractivity contribution in [3.63, 3.8) is 0 Å². The molecule has 0 amide bonds. The van der Waals surface area contributed by atoms with Crippen molar-refractivity contribution in [2.24, 2.45) is 0 Å². The highest BCUT2D eigenvalue weighted by atomic mass is 32.2. The predicted octanol–water partition coefficient (Wildman–Crippen LogP) is 3.16. The summed E-state index contributed by atoms with van der Waals surface area (Å²) in [4.78, 5) is 10.4. The molecule has 1 aromatic rings. The lowest BCUT2D eigenvalue weighted by Gasteiger charge is -2.23. The van der Waals surface area contributed by atoms with Crippen LogP contribution in [0.5, 0.6) is 5.75 Å². The molecule has 0 spiro atoms. The molecule has 100 valence electrons. The van der Waals surface area contributed by atoms with Gasteiger partial charge in [0, 0.05) is 29.1 Å². The van der Waals surface area contributed by atoms with Gasteiger partial charge in [-0.2, -0.15) is 11.8 Å². The Morgan fingerprint density at radius 1 is 1.44 bits per heavy atom. The normalized spacial score (nSPS) is 11.1. The van der Waals surface area contributed by atoms with Gasteiger partial charge in [0.2, 0.25) is 0 Å². The lowest BCUT2D eigenvalue weighted by molar-refractivity contribution is -0.384. The Morgan fingerprint density at radius 3 is 2.61 bits per heavy atom. The smallest absolute Gasteiger partial charge is 0.275 e. The maximum Gasteiger partial charge on any atom is 0.275 e. The lowest BCUT2D eigenvalue weighted by atomic mass is 10.2. The van der Waals surface area contributed by atoms with E-state index in [1.165, 1.54) is 19.2 Å². The zero-order chi connectivity index (χ0) is 13.8. The highest BCUT2D eigenvalue weighted by Crippen LogP contribution is 2.27. The van der Waals surface area contributed by atoms with Gasteiger partial charge < -0.3 is 10.1 Å². The number of benzene rings is 1. The van der Waals surface area contributed by atoms with Crippen LogP contribution in [0.1, 0.15) is 13.8 Å². The van der Waals surface area contributed by atoms with Gasteiger partial charge in [-0.05, 0) is 20.1 Å². The number of non-ortho nitro benzene ring substituents is 1. The van der Waals surface area contributed by atoms with E-state index in [2.05, 4.69) is 19.2 Å². The number of ether oxygens (including phenoxy) is 1. The lowest BCUT2D eigenvalue weighted by Crippen LogP contribution is -2.25. The fourth-order valence-corrected chi connectivity index (χ4v) is 1.51. The van der Waals surface area contributed by atoms with Crippen LogP contribution < -0.4 is 10.1 Å². The Kier molecular flexibility index (Phi) is 4.84. The number of nitro groups is 1. The van der Waals surface area contributed by atoms with Crippen molar-refractivity contribution in [1.29, 1.82) is 0 Å². The summed E-state index contributed by atoms with van der Waals surface area (Å²) in [5, 5.41) is 14.0. The van der Waals surface area contributed by atoms with Crippen molar-refractivity contribution in [1.82, 2.24) is 0 Å². The third-order valence-corrected chi connectivity index (χ3v) is 3.86. The quantitative estimate of drug-likeness (QED) is 0.635. The topological polar surface area (TPSA) is 64.4 Å². The number of nitrogens with one attached hydrogen (secondary N) is 1. The SMILES string of the molecule is COc1cc(NCC(C)(C)SC)cc([N+](=O)[O-])c1. The molecule has 0 atom stereocenters. The van der Waals surface area contributed by atoms with E-state index in [0.717, 1.165) is 6.54 Å². The first-order valence-electron chi connectivity index (χ1n) is 5.50. The Morgan fingerprint density at radius 2 is 2.11 bits per heavy atom. The van der Waals surface area contributed by atoms with Crippen LogP contribution in [0.2, 0.25) is 0 Å². The summed E-state index contributed by atoms with van der Waals surface area (Å²) >= 11 is 1.74. The van der Waals surface area contributed by atoms with Crippen molar-refractivity contribution in [3.8, 4) is 5.75 Å². The van der Waals surface area contributed by atoms with Crippen LogP contribution in [0, 0.1) is 10.1 Å². The molecular formula is C12H18N2O3S. The van der Waals surface area contributed by atoms with Gasteiger partial charge in [-0.1, -0.05) is 0 Å². The van der Waals surface area contributed by atoms with E-state index in [1.54, 1.807) is 17.8 Å². The number of methoxy groups -OCH3 is 1. The molecule has 0 aliphatic carbocycles. The zero-order valence-corrected chi connectivity index (χ0v) is 11.8. The fourth-order valence-electron chi connectivity index (χ4n) is 1.30. The molecule has 0 fully saturated rings. The number of nitrogens with zero attached hydrogens (tertiary/aromatic N) is 1. The first-order valence-corrected chi connectivity index (χ1v) is 6.73. The van der Waals surface area contributed by atoms with Gasteiger partial charge >= 0.3 is 0 Å². The van der Waals surface area contributed by atoms with E-state index in [1.807, 2.05) is 6.26 Å². The van der Waals surface area contributed by atoms with Gasteiger partial charge in [0.15, 0.2) is 0 Å². The van der Waals surface area contributed by atoms with Crippen molar-refractivity contribution in [3.05, 3.63) is 28.3 Å². The van der Waals surface area contributed by atoms with E-state index in [9.17, 15) is 10.1 Å². The summed E-state index contributed by atoms with van der Waals surface area (Å²) in [5.41, 5.74) is 0.724. The molecular weight excluding hydrogens is 252 g/mol. The molecule has 0 radical (unpaired) electrons. The number of hydrogen-bond donors (Lipinski definition) is 1. The highest BCUT2D eigenvalue weighted by Gasteiger charge is 2.16. The van der Waals surface area contributed by atoms with Crippen molar-refractivity contribution < 1.29 is 9.66 Å². The van der Waals surface area contributed by atoms with Crippen molar-refractivity contribution in [2.45, 2.75) is 18.6 Å². The molecule has 1 N–H and O–H groups in total. The van der Waals surface area contributed by atoms with Gasteiger partial charge in [-0.3, -0.25) is 10.1 Å². The monoisotopic (exact) mass is 270 g/mol. The average molecular weight is 270 g/mol. The molecule has 0 unspecified atom stereocenters. The second kappa shape index (κ2) is 5.95. The van der Waals surface area contributed by atoms with Crippen LogP contribution in [-0.4, -0.2) is 29.6 Å². The number of anilines is 1. The fraction of sp³-hybridized carbons (Fsp3) is 0.500. The Labute approximate surface area is 111 Å². The minimum absolute atomic E-state index is 0.0267. The summed E-state index contributed by atoms with van der Waals surface area (Å²) in [6.07, 6.45) is 2.04. The second-order valence-electron chi connectivity index (χ2n) is 4.49. The Hall–Kier alpha value is -1.43. The Bertz CT molecular complexity index is 435. The summed E-state index contributed by atoms with van der Waals surface area (Å²) in [5.74, 6) is 0.480. The molecule has 0 saturated carbocycles.